The second-order valence-electron chi connectivity index (χ2n) is 7.85. The summed E-state index contributed by atoms with van der Waals surface area (Å²) in [5.41, 5.74) is 8.42. The maximum Gasteiger partial charge on any atom is 0.251 e. The van der Waals surface area contributed by atoms with Gasteiger partial charge >= 0.3 is 0 Å². The van der Waals surface area contributed by atoms with E-state index in [-0.39, 0.29) is 35.5 Å². The Morgan fingerprint density at radius 1 is 1.19 bits per heavy atom. The molecule has 138 valence electrons. The molecule has 6 heteroatoms. The van der Waals surface area contributed by atoms with Gasteiger partial charge in [0.2, 0.25) is 11.8 Å². The van der Waals surface area contributed by atoms with E-state index in [0.717, 1.165) is 30.6 Å². The van der Waals surface area contributed by atoms with E-state index >= 15 is 0 Å². The molecule has 3 amide bonds. The summed E-state index contributed by atoms with van der Waals surface area (Å²) in [4.78, 5) is 40.7. The van der Waals surface area contributed by atoms with Gasteiger partial charge in [-0.15, -0.1) is 11.3 Å². The van der Waals surface area contributed by atoms with E-state index in [0.29, 0.717) is 10.6 Å². The predicted octanol–water partition coefficient (Wildman–Crippen LogP) is 3.28. The van der Waals surface area contributed by atoms with E-state index in [2.05, 4.69) is 20.8 Å². The number of rotatable bonds is 4. The van der Waals surface area contributed by atoms with Gasteiger partial charge in [-0.2, -0.15) is 0 Å². The molecule has 26 heavy (non-hydrogen) atoms. The molecule has 1 aromatic rings. The number of allylic oxidation sites excluding steroid dienone is 2. The highest BCUT2D eigenvalue weighted by atomic mass is 32.1. The number of carbonyl (C=O) groups is 3. The molecule has 2 saturated carbocycles. The summed E-state index contributed by atoms with van der Waals surface area (Å²) in [6.45, 7) is 6.21. The highest BCUT2D eigenvalue weighted by Gasteiger charge is 2.64. The standard InChI is InChI=1S/C20H24N2O3S/c1-4-5-10-8-13(17(21)23)20(26-10)22-18(24)15-11-6-7-12(14(11)9(2)3)16(15)19(22)25/h8,11-12,15-16H,4-7H2,1-3H3,(H2,21,23)/t11-,12+,15-,16+. The summed E-state index contributed by atoms with van der Waals surface area (Å²) in [5, 5.41) is 0.434. The van der Waals surface area contributed by atoms with Crippen molar-refractivity contribution in [1.29, 1.82) is 0 Å². The first kappa shape index (κ1) is 17.5. The van der Waals surface area contributed by atoms with Crippen LogP contribution in [-0.4, -0.2) is 17.7 Å². The Morgan fingerprint density at radius 2 is 1.77 bits per heavy atom. The quantitative estimate of drug-likeness (QED) is 0.650. The topological polar surface area (TPSA) is 80.5 Å². The van der Waals surface area contributed by atoms with Gasteiger partial charge in [-0.05, 0) is 51.0 Å². The Kier molecular flexibility index (Phi) is 4.06. The zero-order chi connectivity index (χ0) is 18.7. The molecule has 4 rings (SSSR count). The number of nitrogens with two attached hydrogens (primary N) is 1. The number of carbonyl (C=O) groups excluding carboxylic acids is 3. The maximum atomic E-state index is 13.2. The molecule has 3 aliphatic rings. The molecule has 0 aromatic carbocycles. The van der Waals surface area contributed by atoms with Gasteiger partial charge in [0.15, 0.2) is 0 Å². The normalized spacial score (nSPS) is 29.7. The highest BCUT2D eigenvalue weighted by molar-refractivity contribution is 7.17. The van der Waals surface area contributed by atoms with Gasteiger partial charge in [0.25, 0.3) is 5.91 Å². The van der Waals surface area contributed by atoms with Crippen molar-refractivity contribution in [3.05, 3.63) is 27.7 Å². The van der Waals surface area contributed by atoms with Crippen LogP contribution in [0.15, 0.2) is 17.2 Å². The van der Waals surface area contributed by atoms with E-state index in [4.69, 9.17) is 5.73 Å². The van der Waals surface area contributed by atoms with Crippen LogP contribution in [0.5, 0.6) is 0 Å². The van der Waals surface area contributed by atoms with Crippen molar-refractivity contribution in [3.63, 3.8) is 0 Å². The number of thiophene rings is 1. The van der Waals surface area contributed by atoms with Crippen LogP contribution >= 0.6 is 11.3 Å². The van der Waals surface area contributed by atoms with E-state index in [9.17, 15) is 14.4 Å². The van der Waals surface area contributed by atoms with Crippen LogP contribution in [0.3, 0.4) is 0 Å². The molecule has 2 aliphatic carbocycles. The molecule has 0 spiro atoms. The molecule has 1 saturated heterocycles. The SMILES string of the molecule is CCCc1cc(C(N)=O)c(N2C(=O)[C@@H]3[C@H](C2=O)[C@@H]2CC[C@H]3C2=C(C)C)s1. The fourth-order valence-electron chi connectivity index (χ4n) is 5.34. The zero-order valence-corrected chi connectivity index (χ0v) is 16.2. The summed E-state index contributed by atoms with van der Waals surface area (Å²) in [7, 11) is 0. The Morgan fingerprint density at radius 3 is 2.23 bits per heavy atom. The van der Waals surface area contributed by atoms with Crippen LogP contribution in [0.25, 0.3) is 0 Å². The van der Waals surface area contributed by atoms with Crippen LogP contribution in [0, 0.1) is 23.7 Å². The van der Waals surface area contributed by atoms with Crippen molar-refractivity contribution in [2.75, 3.05) is 4.90 Å². The molecular weight excluding hydrogens is 348 g/mol. The number of primary amides is 1. The minimum atomic E-state index is -0.579. The monoisotopic (exact) mass is 372 g/mol. The maximum absolute atomic E-state index is 13.2. The third-order valence-electron chi connectivity index (χ3n) is 6.16. The van der Waals surface area contributed by atoms with Crippen molar-refractivity contribution < 1.29 is 14.4 Å². The molecule has 2 heterocycles. The summed E-state index contributed by atoms with van der Waals surface area (Å²) in [5.74, 6) is -1.01. The summed E-state index contributed by atoms with van der Waals surface area (Å²) < 4.78 is 0. The first-order valence-corrected chi connectivity index (χ1v) is 10.2. The van der Waals surface area contributed by atoms with Crippen molar-refractivity contribution >= 4 is 34.1 Å². The molecule has 2 N–H and O–H groups in total. The molecule has 1 aliphatic heterocycles. The number of nitrogens with zero attached hydrogens (tertiary/aromatic N) is 1. The van der Waals surface area contributed by atoms with Gasteiger partial charge in [-0.1, -0.05) is 24.5 Å². The number of imide groups is 1. The van der Waals surface area contributed by atoms with Crippen molar-refractivity contribution in [1.82, 2.24) is 0 Å². The minimum Gasteiger partial charge on any atom is -0.366 e. The van der Waals surface area contributed by atoms with Crippen LogP contribution in [0.2, 0.25) is 0 Å². The third-order valence-corrected chi connectivity index (χ3v) is 7.34. The van der Waals surface area contributed by atoms with Gasteiger partial charge in [0, 0.05) is 4.88 Å². The van der Waals surface area contributed by atoms with Crippen molar-refractivity contribution in [2.45, 2.75) is 46.5 Å². The second kappa shape index (κ2) is 6.05. The Labute approximate surface area is 157 Å². The summed E-state index contributed by atoms with van der Waals surface area (Å²) in [6.07, 6.45) is 3.70. The van der Waals surface area contributed by atoms with E-state index in [1.54, 1.807) is 6.07 Å². The van der Waals surface area contributed by atoms with E-state index in [1.165, 1.54) is 27.4 Å². The summed E-state index contributed by atoms with van der Waals surface area (Å²) >= 11 is 1.36. The number of hydrogen-bond acceptors (Lipinski definition) is 4. The van der Waals surface area contributed by atoms with Crippen LogP contribution in [0.1, 0.15) is 55.3 Å². The molecule has 4 atom stereocenters. The minimum absolute atomic E-state index is 0.140. The first-order chi connectivity index (χ1) is 12.4. The number of aryl methyl sites for hydroxylation is 1. The van der Waals surface area contributed by atoms with E-state index < -0.39 is 5.91 Å². The van der Waals surface area contributed by atoms with Crippen molar-refractivity contribution in [2.24, 2.45) is 29.4 Å². The predicted molar refractivity (Wildman–Crippen MR) is 101 cm³/mol. The zero-order valence-electron chi connectivity index (χ0n) is 15.4. The smallest absolute Gasteiger partial charge is 0.251 e. The Balaban J connectivity index is 1.76. The van der Waals surface area contributed by atoms with Gasteiger partial charge < -0.3 is 5.73 Å². The van der Waals surface area contributed by atoms with E-state index in [1.807, 2.05) is 0 Å². The van der Waals surface area contributed by atoms with Gasteiger partial charge in [-0.3, -0.25) is 14.4 Å². The van der Waals surface area contributed by atoms with Crippen LogP contribution in [0.4, 0.5) is 5.00 Å². The first-order valence-electron chi connectivity index (χ1n) is 9.34. The second-order valence-corrected chi connectivity index (χ2v) is 8.97. The average molecular weight is 372 g/mol. The lowest BCUT2D eigenvalue weighted by Gasteiger charge is -2.18. The molecule has 2 bridgehead atoms. The Bertz CT molecular complexity index is 817. The molecular formula is C20H24N2O3S. The van der Waals surface area contributed by atoms with Crippen molar-refractivity contribution in [3.8, 4) is 0 Å². The molecule has 0 radical (unpaired) electrons. The fourth-order valence-corrected chi connectivity index (χ4v) is 6.61. The lowest BCUT2D eigenvalue weighted by Crippen LogP contribution is -2.34. The van der Waals surface area contributed by atoms with Gasteiger partial charge in [-0.25, -0.2) is 4.90 Å². The number of fused-ring (bicyclic) bond motifs is 5. The Hall–Kier alpha value is -1.95. The highest BCUT2D eigenvalue weighted by Crippen LogP contribution is 2.60. The molecule has 0 unspecified atom stereocenters. The van der Waals surface area contributed by atoms with Gasteiger partial charge in [0.05, 0.1) is 17.4 Å². The average Bonchev–Trinajstić information content (AvgIpc) is 3.29. The number of hydrogen-bond donors (Lipinski definition) is 1. The van der Waals surface area contributed by atoms with Crippen LogP contribution in [-0.2, 0) is 16.0 Å². The van der Waals surface area contributed by atoms with Gasteiger partial charge in [0.1, 0.15) is 5.00 Å². The summed E-state index contributed by atoms with van der Waals surface area (Å²) in [6, 6.07) is 1.75. The number of amides is 3. The largest absolute Gasteiger partial charge is 0.366 e. The lowest BCUT2D eigenvalue weighted by atomic mass is 9.81. The fraction of sp³-hybridized carbons (Fsp3) is 0.550. The third kappa shape index (κ3) is 2.24. The molecule has 5 nitrogen and oxygen atoms in total. The number of anilines is 1. The molecule has 1 aromatic heterocycles. The van der Waals surface area contributed by atoms with Crippen LogP contribution < -0.4 is 10.6 Å². The lowest BCUT2D eigenvalue weighted by molar-refractivity contribution is -0.122. The molecule has 3 fully saturated rings.